The smallest absolute Gasteiger partial charge is 0.207 e. The Morgan fingerprint density at radius 1 is 0.842 bits per heavy atom. The predicted molar refractivity (Wildman–Crippen MR) is 77.3 cm³/mol. The van der Waals surface area contributed by atoms with Crippen LogP contribution in [0, 0.1) is 0 Å². The van der Waals surface area contributed by atoms with Gasteiger partial charge in [0.15, 0.2) is 0 Å². The highest BCUT2D eigenvalue weighted by atomic mass is 32.1. The SMILES string of the molecule is Nc1nnc(NC2CCC(Nc3nnc(N)s3)C2)s1. The number of rotatable bonds is 4. The van der Waals surface area contributed by atoms with Gasteiger partial charge in [-0.3, -0.25) is 0 Å². The number of hydrogen-bond acceptors (Lipinski definition) is 10. The van der Waals surface area contributed by atoms with E-state index in [2.05, 4.69) is 31.0 Å². The van der Waals surface area contributed by atoms with Crippen LogP contribution in [-0.4, -0.2) is 32.5 Å². The van der Waals surface area contributed by atoms with Crippen LogP contribution >= 0.6 is 22.7 Å². The number of nitrogen functional groups attached to an aromatic ring is 2. The molecule has 1 saturated carbocycles. The summed E-state index contributed by atoms with van der Waals surface area (Å²) in [4.78, 5) is 0. The number of aromatic nitrogens is 4. The molecule has 1 aliphatic carbocycles. The topological polar surface area (TPSA) is 128 Å². The van der Waals surface area contributed by atoms with Gasteiger partial charge in [0, 0.05) is 12.1 Å². The van der Waals surface area contributed by atoms with E-state index < -0.39 is 0 Å². The zero-order chi connectivity index (χ0) is 13.2. The Morgan fingerprint density at radius 3 is 1.68 bits per heavy atom. The summed E-state index contributed by atoms with van der Waals surface area (Å²) < 4.78 is 0. The molecule has 1 fully saturated rings. The zero-order valence-electron chi connectivity index (χ0n) is 10.0. The van der Waals surface area contributed by atoms with Crippen molar-refractivity contribution in [1.82, 2.24) is 20.4 Å². The Morgan fingerprint density at radius 2 is 1.32 bits per heavy atom. The summed E-state index contributed by atoms with van der Waals surface area (Å²) in [5.41, 5.74) is 11.1. The molecule has 0 amide bonds. The molecule has 2 aromatic rings. The molecule has 0 aliphatic heterocycles. The van der Waals surface area contributed by atoms with Crippen molar-refractivity contribution in [2.45, 2.75) is 31.3 Å². The maximum Gasteiger partial charge on any atom is 0.207 e. The first-order valence-electron chi connectivity index (χ1n) is 5.90. The molecule has 8 nitrogen and oxygen atoms in total. The van der Waals surface area contributed by atoms with E-state index in [-0.39, 0.29) is 0 Å². The molecule has 0 bridgehead atoms. The normalized spacial score (nSPS) is 22.5. The van der Waals surface area contributed by atoms with Crippen molar-refractivity contribution < 1.29 is 0 Å². The molecule has 10 heteroatoms. The number of nitrogens with zero attached hydrogens (tertiary/aromatic N) is 4. The first-order valence-corrected chi connectivity index (χ1v) is 7.53. The second kappa shape index (κ2) is 5.13. The van der Waals surface area contributed by atoms with Gasteiger partial charge >= 0.3 is 0 Å². The van der Waals surface area contributed by atoms with E-state index in [1.165, 1.54) is 22.7 Å². The second-order valence-corrected chi connectivity index (χ2v) is 6.40. The second-order valence-electron chi connectivity index (χ2n) is 4.39. The van der Waals surface area contributed by atoms with Gasteiger partial charge in [0.1, 0.15) is 0 Å². The summed E-state index contributed by atoms with van der Waals surface area (Å²) >= 11 is 2.74. The van der Waals surface area contributed by atoms with Crippen molar-refractivity contribution in [2.75, 3.05) is 22.1 Å². The van der Waals surface area contributed by atoms with Gasteiger partial charge in [0.2, 0.25) is 20.5 Å². The van der Waals surface area contributed by atoms with Crippen molar-refractivity contribution >= 4 is 43.2 Å². The number of nitrogens with one attached hydrogen (secondary N) is 2. The molecule has 2 atom stereocenters. The van der Waals surface area contributed by atoms with Gasteiger partial charge in [-0.15, -0.1) is 20.4 Å². The zero-order valence-corrected chi connectivity index (χ0v) is 11.7. The molecule has 102 valence electrons. The first kappa shape index (κ1) is 12.4. The Balaban J connectivity index is 1.52. The molecule has 0 spiro atoms. The number of anilines is 4. The summed E-state index contributed by atoms with van der Waals surface area (Å²) in [7, 11) is 0. The largest absolute Gasteiger partial charge is 0.374 e. The van der Waals surface area contributed by atoms with E-state index >= 15 is 0 Å². The molecule has 3 rings (SSSR count). The van der Waals surface area contributed by atoms with Gasteiger partial charge in [0.25, 0.3) is 0 Å². The average Bonchev–Trinajstić information content (AvgIpc) is 3.05. The standard InChI is InChI=1S/C9H14N8S2/c10-6-14-16-8(18-6)12-4-1-2-5(3-4)13-9-17-15-7(11)19-9/h4-5H,1-3H2,(H2,10,14)(H2,11,15)(H,12,16)(H,13,17). The van der Waals surface area contributed by atoms with Crippen molar-refractivity contribution in [1.29, 1.82) is 0 Å². The minimum absolute atomic E-state index is 0.384. The molecule has 2 unspecified atom stereocenters. The van der Waals surface area contributed by atoms with Crippen LogP contribution in [-0.2, 0) is 0 Å². The molecule has 19 heavy (non-hydrogen) atoms. The molecular weight excluding hydrogens is 284 g/mol. The van der Waals surface area contributed by atoms with Gasteiger partial charge in [0.05, 0.1) is 0 Å². The Labute approximate surface area is 117 Å². The van der Waals surface area contributed by atoms with Gasteiger partial charge in [-0.05, 0) is 19.3 Å². The van der Waals surface area contributed by atoms with Crippen molar-refractivity contribution in [3.63, 3.8) is 0 Å². The summed E-state index contributed by atoms with van der Waals surface area (Å²) in [5, 5.41) is 24.7. The molecule has 0 radical (unpaired) electrons. The lowest BCUT2D eigenvalue weighted by Crippen LogP contribution is -2.20. The minimum atomic E-state index is 0.384. The summed E-state index contributed by atoms with van der Waals surface area (Å²) in [6, 6.07) is 0.769. The lowest BCUT2D eigenvalue weighted by molar-refractivity contribution is 0.721. The monoisotopic (exact) mass is 298 g/mol. The molecule has 2 aromatic heterocycles. The van der Waals surface area contributed by atoms with E-state index in [0.717, 1.165) is 29.5 Å². The summed E-state index contributed by atoms with van der Waals surface area (Å²) in [6.07, 6.45) is 3.15. The van der Waals surface area contributed by atoms with Crippen molar-refractivity contribution in [3.8, 4) is 0 Å². The first-order chi connectivity index (χ1) is 9.19. The lowest BCUT2D eigenvalue weighted by atomic mass is 10.2. The van der Waals surface area contributed by atoms with Crippen LogP contribution in [0.1, 0.15) is 19.3 Å². The van der Waals surface area contributed by atoms with Crippen LogP contribution < -0.4 is 22.1 Å². The highest BCUT2D eigenvalue weighted by molar-refractivity contribution is 7.19. The quantitative estimate of drug-likeness (QED) is 0.658. The van der Waals surface area contributed by atoms with Crippen molar-refractivity contribution in [2.24, 2.45) is 0 Å². The highest BCUT2D eigenvalue weighted by Gasteiger charge is 2.26. The van der Waals surface area contributed by atoms with E-state index in [9.17, 15) is 0 Å². The summed E-state index contributed by atoms with van der Waals surface area (Å²) in [5.74, 6) is 0. The van der Waals surface area contributed by atoms with Gasteiger partial charge in [-0.1, -0.05) is 22.7 Å². The van der Waals surface area contributed by atoms with E-state index in [0.29, 0.717) is 22.3 Å². The van der Waals surface area contributed by atoms with Gasteiger partial charge < -0.3 is 22.1 Å². The fourth-order valence-electron chi connectivity index (χ4n) is 2.18. The Hall–Kier alpha value is -1.68. The molecule has 2 heterocycles. The number of nitrogens with two attached hydrogens (primary N) is 2. The van der Waals surface area contributed by atoms with Crippen LogP contribution in [0.3, 0.4) is 0 Å². The van der Waals surface area contributed by atoms with Crippen LogP contribution in [0.15, 0.2) is 0 Å². The predicted octanol–water partition coefficient (Wildman–Crippen LogP) is 0.999. The third-order valence-electron chi connectivity index (χ3n) is 2.97. The molecular formula is C9H14N8S2. The van der Waals surface area contributed by atoms with Crippen LogP contribution in [0.2, 0.25) is 0 Å². The van der Waals surface area contributed by atoms with Gasteiger partial charge in [-0.25, -0.2) is 0 Å². The maximum atomic E-state index is 5.55. The van der Waals surface area contributed by atoms with Crippen LogP contribution in [0.25, 0.3) is 0 Å². The molecule has 1 aliphatic rings. The number of hydrogen-bond donors (Lipinski definition) is 4. The highest BCUT2D eigenvalue weighted by Crippen LogP contribution is 2.28. The van der Waals surface area contributed by atoms with Crippen molar-refractivity contribution in [3.05, 3.63) is 0 Å². The third-order valence-corrected chi connectivity index (χ3v) is 4.34. The molecule has 0 saturated heterocycles. The fourth-order valence-corrected chi connectivity index (χ4v) is 3.35. The fraction of sp³-hybridized carbons (Fsp3) is 0.556. The van der Waals surface area contributed by atoms with Gasteiger partial charge in [-0.2, -0.15) is 0 Å². The van der Waals surface area contributed by atoms with E-state index in [4.69, 9.17) is 11.5 Å². The third kappa shape index (κ3) is 3.01. The average molecular weight is 298 g/mol. The molecule has 0 aromatic carbocycles. The van der Waals surface area contributed by atoms with E-state index in [1.54, 1.807) is 0 Å². The Kier molecular flexibility index (Phi) is 3.34. The Bertz CT molecular complexity index is 504. The van der Waals surface area contributed by atoms with Crippen LogP contribution in [0.5, 0.6) is 0 Å². The lowest BCUT2D eigenvalue weighted by Gasteiger charge is -2.12. The van der Waals surface area contributed by atoms with Crippen LogP contribution in [0.4, 0.5) is 20.5 Å². The summed E-state index contributed by atoms with van der Waals surface area (Å²) in [6.45, 7) is 0. The minimum Gasteiger partial charge on any atom is -0.374 e. The molecule has 6 N–H and O–H groups in total. The van der Waals surface area contributed by atoms with E-state index in [1.807, 2.05) is 0 Å². The maximum absolute atomic E-state index is 5.55.